The maximum Gasteiger partial charge on any atom is 0.348 e. The second-order valence-electron chi connectivity index (χ2n) is 9.32. The van der Waals surface area contributed by atoms with Crippen LogP contribution in [0.4, 0.5) is 4.39 Å². The van der Waals surface area contributed by atoms with E-state index in [2.05, 4.69) is 25.3 Å². The van der Waals surface area contributed by atoms with E-state index in [1.807, 2.05) is 35.9 Å². The molecular formula is C26H32FN2O2+. The van der Waals surface area contributed by atoms with E-state index in [-0.39, 0.29) is 24.4 Å². The van der Waals surface area contributed by atoms with Crippen LogP contribution in [0.5, 0.6) is 0 Å². The Bertz CT molecular complexity index is 1070. The van der Waals surface area contributed by atoms with Crippen LogP contribution in [0.2, 0.25) is 0 Å². The molecule has 0 amide bonds. The largest absolute Gasteiger partial charge is 0.459 e. The second kappa shape index (κ2) is 8.81. The normalized spacial score (nSPS) is 21.5. The Hall–Kier alpha value is -2.69. The first-order valence-corrected chi connectivity index (χ1v) is 11.3. The quantitative estimate of drug-likeness (QED) is 0.414. The Morgan fingerprint density at radius 1 is 1.16 bits per heavy atom. The highest BCUT2D eigenvalue weighted by Gasteiger charge is 2.34. The molecule has 1 saturated carbocycles. The molecule has 3 atom stereocenters. The number of imidazole rings is 1. The molecule has 0 saturated heterocycles. The first kappa shape index (κ1) is 21.5. The number of halogens is 1. The third-order valence-electron chi connectivity index (χ3n) is 6.74. The molecule has 0 N–H and O–H groups in total. The van der Waals surface area contributed by atoms with Gasteiger partial charge in [0.15, 0.2) is 17.6 Å². The smallest absolute Gasteiger partial charge is 0.348 e. The number of ether oxygens (including phenoxy) is 1. The molecule has 31 heavy (non-hydrogen) atoms. The molecule has 1 heterocycles. The van der Waals surface area contributed by atoms with Gasteiger partial charge in [-0.05, 0) is 67.0 Å². The molecule has 1 aliphatic rings. The number of carbonyl (C=O) groups excluding carboxylic acids is 1. The fourth-order valence-corrected chi connectivity index (χ4v) is 5.08. The van der Waals surface area contributed by atoms with Gasteiger partial charge in [-0.1, -0.05) is 39.3 Å². The molecule has 0 unspecified atom stereocenters. The summed E-state index contributed by atoms with van der Waals surface area (Å²) in [5, 5.41) is 0. The highest BCUT2D eigenvalue weighted by Crippen LogP contribution is 2.35. The molecule has 164 valence electrons. The van der Waals surface area contributed by atoms with Crippen molar-refractivity contribution in [3.8, 4) is 11.4 Å². The van der Waals surface area contributed by atoms with Gasteiger partial charge in [0.1, 0.15) is 11.9 Å². The van der Waals surface area contributed by atoms with Crippen molar-refractivity contribution in [2.45, 2.75) is 52.7 Å². The van der Waals surface area contributed by atoms with E-state index in [1.165, 1.54) is 18.6 Å². The standard InChI is InChI=1S/C26H32FN2O2/c1-17(2)21-14-9-18(3)15-24(21)31-25(30)16-29-23-8-6-5-7-22(23)28(4)26(29)19-10-12-20(27)13-11-19/h5-8,10-13,17-18,21,24H,9,14-16H2,1-4H3/q+1/t18-,21+,24-/m1/s1. The Morgan fingerprint density at radius 2 is 1.87 bits per heavy atom. The number of carbonyl (C=O) groups is 1. The Labute approximate surface area is 183 Å². The van der Waals surface area contributed by atoms with Gasteiger partial charge in [0.2, 0.25) is 0 Å². The lowest BCUT2D eigenvalue weighted by Crippen LogP contribution is -2.37. The molecule has 1 aromatic heterocycles. The van der Waals surface area contributed by atoms with Gasteiger partial charge in [0.25, 0.3) is 5.82 Å². The summed E-state index contributed by atoms with van der Waals surface area (Å²) in [6.07, 6.45) is 3.21. The first-order chi connectivity index (χ1) is 14.8. The van der Waals surface area contributed by atoms with Crippen LogP contribution in [-0.4, -0.2) is 16.6 Å². The summed E-state index contributed by atoms with van der Waals surface area (Å²) < 4.78 is 23.6. The molecule has 0 spiro atoms. The zero-order chi connectivity index (χ0) is 22.1. The van der Waals surface area contributed by atoms with Gasteiger partial charge >= 0.3 is 5.97 Å². The number of hydrogen-bond acceptors (Lipinski definition) is 2. The van der Waals surface area contributed by atoms with Gasteiger partial charge in [0, 0.05) is 0 Å². The van der Waals surface area contributed by atoms with Crippen LogP contribution in [0.25, 0.3) is 22.4 Å². The van der Waals surface area contributed by atoms with Crippen molar-refractivity contribution in [3.05, 3.63) is 54.3 Å². The topological polar surface area (TPSA) is 35.1 Å². The molecule has 2 aromatic carbocycles. The van der Waals surface area contributed by atoms with Gasteiger partial charge in [-0.15, -0.1) is 0 Å². The summed E-state index contributed by atoms with van der Waals surface area (Å²) in [6.45, 7) is 6.80. The van der Waals surface area contributed by atoms with E-state index in [1.54, 1.807) is 12.1 Å². The van der Waals surface area contributed by atoms with Gasteiger partial charge in [-0.25, -0.2) is 18.3 Å². The molecule has 4 nitrogen and oxygen atoms in total. The van der Waals surface area contributed by atoms with Crippen LogP contribution in [0.1, 0.15) is 40.0 Å². The molecule has 1 fully saturated rings. The Morgan fingerprint density at radius 3 is 2.58 bits per heavy atom. The molecule has 0 radical (unpaired) electrons. The summed E-state index contributed by atoms with van der Waals surface area (Å²) in [7, 11) is 1.97. The maximum absolute atomic E-state index is 13.5. The van der Waals surface area contributed by atoms with Crippen molar-refractivity contribution in [2.75, 3.05) is 0 Å². The predicted octanol–water partition coefficient (Wildman–Crippen LogP) is 5.28. The van der Waals surface area contributed by atoms with E-state index in [4.69, 9.17) is 4.74 Å². The number of hydrogen-bond donors (Lipinski definition) is 0. The second-order valence-corrected chi connectivity index (χ2v) is 9.32. The summed E-state index contributed by atoms with van der Waals surface area (Å²) in [6, 6.07) is 14.4. The molecular weight excluding hydrogens is 391 g/mol. The number of esters is 1. The van der Waals surface area contributed by atoms with Crippen molar-refractivity contribution < 1.29 is 18.5 Å². The number of rotatable bonds is 5. The Kier molecular flexibility index (Phi) is 6.12. The van der Waals surface area contributed by atoms with Crippen LogP contribution in [0, 0.1) is 23.6 Å². The number of fused-ring (bicyclic) bond motifs is 1. The van der Waals surface area contributed by atoms with Gasteiger partial charge < -0.3 is 4.74 Å². The number of nitrogens with zero attached hydrogens (tertiary/aromatic N) is 2. The predicted molar refractivity (Wildman–Crippen MR) is 120 cm³/mol. The van der Waals surface area contributed by atoms with E-state index < -0.39 is 0 Å². The number of para-hydroxylation sites is 2. The van der Waals surface area contributed by atoms with Gasteiger partial charge in [0.05, 0.1) is 12.6 Å². The maximum atomic E-state index is 13.5. The van der Waals surface area contributed by atoms with Crippen LogP contribution >= 0.6 is 0 Å². The lowest BCUT2D eigenvalue weighted by Gasteiger charge is -2.36. The Balaban J connectivity index is 1.67. The summed E-state index contributed by atoms with van der Waals surface area (Å²) in [4.78, 5) is 13.1. The fraction of sp³-hybridized carbons (Fsp3) is 0.462. The summed E-state index contributed by atoms with van der Waals surface area (Å²) in [5.41, 5.74) is 2.83. The highest BCUT2D eigenvalue weighted by atomic mass is 19.1. The van der Waals surface area contributed by atoms with Crippen molar-refractivity contribution in [1.29, 1.82) is 0 Å². The fourth-order valence-electron chi connectivity index (χ4n) is 5.08. The third-order valence-corrected chi connectivity index (χ3v) is 6.74. The summed E-state index contributed by atoms with van der Waals surface area (Å²) >= 11 is 0. The molecule has 3 aromatic rings. The number of aromatic nitrogens is 2. The van der Waals surface area contributed by atoms with E-state index in [0.29, 0.717) is 17.8 Å². The lowest BCUT2D eigenvalue weighted by atomic mass is 9.75. The highest BCUT2D eigenvalue weighted by molar-refractivity contribution is 5.79. The van der Waals surface area contributed by atoms with Crippen LogP contribution in [0.3, 0.4) is 0 Å². The minimum Gasteiger partial charge on any atom is -0.459 e. The molecule has 4 rings (SSSR count). The van der Waals surface area contributed by atoms with Crippen LogP contribution in [-0.2, 0) is 23.1 Å². The van der Waals surface area contributed by atoms with Crippen LogP contribution < -0.4 is 4.57 Å². The van der Waals surface area contributed by atoms with E-state index >= 15 is 0 Å². The molecule has 0 bridgehead atoms. The van der Waals surface area contributed by atoms with Crippen LogP contribution in [0.15, 0.2) is 48.5 Å². The SMILES string of the molecule is CC(C)[C@@H]1CC[C@@H](C)C[C@H]1OC(=O)Cn1c(-c2ccc(F)cc2)[n+](C)c2ccccc21. The summed E-state index contributed by atoms with van der Waals surface area (Å²) in [5.74, 6) is 1.84. The average molecular weight is 424 g/mol. The van der Waals surface area contributed by atoms with Crippen molar-refractivity contribution in [2.24, 2.45) is 24.8 Å². The first-order valence-electron chi connectivity index (χ1n) is 11.3. The molecule has 1 aliphatic carbocycles. The number of aryl methyl sites for hydroxylation is 1. The minimum atomic E-state index is -0.278. The van der Waals surface area contributed by atoms with Crippen molar-refractivity contribution >= 4 is 17.0 Å². The zero-order valence-corrected chi connectivity index (χ0v) is 18.8. The monoisotopic (exact) mass is 423 g/mol. The lowest BCUT2D eigenvalue weighted by molar-refractivity contribution is -0.634. The van der Waals surface area contributed by atoms with E-state index in [0.717, 1.165) is 35.3 Å². The average Bonchev–Trinajstić information content (AvgIpc) is 3.00. The minimum absolute atomic E-state index is 0.0268. The van der Waals surface area contributed by atoms with Crippen molar-refractivity contribution in [1.82, 2.24) is 4.57 Å². The van der Waals surface area contributed by atoms with Gasteiger partial charge in [-0.2, -0.15) is 0 Å². The van der Waals surface area contributed by atoms with Crippen molar-refractivity contribution in [3.63, 3.8) is 0 Å². The molecule has 0 aliphatic heterocycles. The molecule has 5 heteroatoms. The van der Waals surface area contributed by atoms with Gasteiger partial charge in [-0.3, -0.25) is 0 Å². The number of benzene rings is 2. The zero-order valence-electron chi connectivity index (χ0n) is 18.8. The third kappa shape index (κ3) is 4.36. The van der Waals surface area contributed by atoms with E-state index in [9.17, 15) is 9.18 Å².